The molecule has 1 aromatic carbocycles. The van der Waals surface area contributed by atoms with Crippen LogP contribution in [0.5, 0.6) is 0 Å². The first-order valence-corrected chi connectivity index (χ1v) is 4.83. The van der Waals surface area contributed by atoms with Gasteiger partial charge in [-0.3, -0.25) is 10.2 Å². The minimum Gasteiger partial charge on any atom is -0.387 e. The van der Waals surface area contributed by atoms with Crippen molar-refractivity contribution in [3.63, 3.8) is 0 Å². The largest absolute Gasteiger partial charge is 0.387 e. The zero-order valence-electron chi connectivity index (χ0n) is 7.68. The highest BCUT2D eigenvalue weighted by Crippen LogP contribution is 2.29. The van der Waals surface area contributed by atoms with E-state index < -0.39 is 5.91 Å². The first-order valence-electron chi connectivity index (χ1n) is 4.07. The van der Waals surface area contributed by atoms with Crippen molar-refractivity contribution >= 4 is 40.6 Å². The number of hydrogen-bond acceptors (Lipinski definition) is 2. The van der Waals surface area contributed by atoms with Crippen LogP contribution in [0.1, 0.15) is 6.42 Å². The Morgan fingerprint density at radius 1 is 1.47 bits per heavy atom. The highest BCUT2D eigenvalue weighted by molar-refractivity contribution is 6.44. The number of carbonyl (C=O) groups is 1. The number of hydrogen-bond donors (Lipinski definition) is 3. The first-order chi connectivity index (χ1) is 7.00. The fourth-order valence-corrected chi connectivity index (χ4v) is 1.32. The van der Waals surface area contributed by atoms with Gasteiger partial charge in [-0.25, -0.2) is 0 Å². The molecule has 80 valence electrons. The Morgan fingerprint density at radius 3 is 2.73 bits per heavy atom. The molecule has 1 aromatic rings. The number of anilines is 1. The molecule has 4 nitrogen and oxygen atoms in total. The second-order valence-electron chi connectivity index (χ2n) is 2.85. The molecule has 0 aliphatic heterocycles. The van der Waals surface area contributed by atoms with Gasteiger partial charge in [0.1, 0.15) is 5.84 Å². The molecule has 0 aliphatic rings. The molecule has 0 aliphatic carbocycles. The number of nitrogens with two attached hydrogens (primary N) is 1. The summed E-state index contributed by atoms with van der Waals surface area (Å²) in [7, 11) is 0. The van der Waals surface area contributed by atoms with Crippen LogP contribution in [0.15, 0.2) is 18.2 Å². The number of amides is 1. The monoisotopic (exact) mass is 245 g/mol. The minimum atomic E-state index is -0.397. The number of nitrogens with one attached hydrogen (secondary N) is 2. The molecule has 0 fully saturated rings. The van der Waals surface area contributed by atoms with E-state index in [2.05, 4.69) is 5.32 Å². The van der Waals surface area contributed by atoms with Gasteiger partial charge in [-0.1, -0.05) is 29.3 Å². The van der Waals surface area contributed by atoms with Gasteiger partial charge in [-0.15, -0.1) is 0 Å². The summed E-state index contributed by atoms with van der Waals surface area (Å²) >= 11 is 11.6. The number of halogens is 2. The maximum atomic E-state index is 11.3. The highest BCUT2D eigenvalue weighted by Gasteiger charge is 2.08. The van der Waals surface area contributed by atoms with Crippen molar-refractivity contribution in [2.24, 2.45) is 5.73 Å². The SMILES string of the molecule is N=C(N)CC(=O)Nc1cccc(Cl)c1Cl. The third kappa shape index (κ3) is 3.42. The van der Waals surface area contributed by atoms with E-state index in [0.717, 1.165) is 0 Å². The minimum absolute atomic E-state index is 0.164. The second-order valence-corrected chi connectivity index (χ2v) is 3.64. The van der Waals surface area contributed by atoms with Crippen LogP contribution >= 0.6 is 23.2 Å². The van der Waals surface area contributed by atoms with Crippen LogP contribution in [0.4, 0.5) is 5.69 Å². The Hall–Kier alpha value is -1.26. The van der Waals surface area contributed by atoms with Crippen LogP contribution in [0.2, 0.25) is 10.0 Å². The molecule has 0 aromatic heterocycles. The van der Waals surface area contributed by atoms with Gasteiger partial charge in [-0.2, -0.15) is 0 Å². The fraction of sp³-hybridized carbons (Fsp3) is 0.111. The maximum Gasteiger partial charge on any atom is 0.231 e. The lowest BCUT2D eigenvalue weighted by atomic mass is 10.3. The predicted octanol–water partition coefficient (Wildman–Crippen LogP) is 2.26. The molecular formula is C9H9Cl2N3O. The van der Waals surface area contributed by atoms with Gasteiger partial charge in [0.05, 0.1) is 22.2 Å². The molecule has 0 spiro atoms. The van der Waals surface area contributed by atoms with Crippen molar-refractivity contribution in [3.8, 4) is 0 Å². The smallest absolute Gasteiger partial charge is 0.231 e. The van der Waals surface area contributed by atoms with E-state index in [9.17, 15) is 4.79 Å². The van der Waals surface area contributed by atoms with Gasteiger partial charge in [-0.05, 0) is 12.1 Å². The zero-order chi connectivity index (χ0) is 11.4. The van der Waals surface area contributed by atoms with Crippen molar-refractivity contribution in [2.45, 2.75) is 6.42 Å². The van der Waals surface area contributed by atoms with Gasteiger partial charge in [0.15, 0.2) is 0 Å². The Balaban J connectivity index is 2.77. The summed E-state index contributed by atoms with van der Waals surface area (Å²) < 4.78 is 0. The molecule has 1 rings (SSSR count). The lowest BCUT2D eigenvalue weighted by molar-refractivity contribution is -0.115. The average molecular weight is 246 g/mol. The third-order valence-electron chi connectivity index (χ3n) is 1.58. The van der Waals surface area contributed by atoms with Crippen LogP contribution in [0.25, 0.3) is 0 Å². The number of rotatable bonds is 3. The van der Waals surface area contributed by atoms with E-state index in [1.165, 1.54) is 0 Å². The summed E-state index contributed by atoms with van der Waals surface area (Å²) in [4.78, 5) is 11.3. The summed E-state index contributed by atoms with van der Waals surface area (Å²) in [6.07, 6.45) is -0.164. The van der Waals surface area contributed by atoms with Gasteiger partial charge in [0.25, 0.3) is 0 Å². The molecule has 4 N–H and O–H groups in total. The summed E-state index contributed by atoms with van der Waals surface area (Å²) in [5.74, 6) is -0.600. The number of benzene rings is 1. The number of amidine groups is 1. The molecule has 0 bridgehead atoms. The van der Waals surface area contributed by atoms with E-state index in [-0.39, 0.29) is 17.3 Å². The molecule has 0 saturated carbocycles. The van der Waals surface area contributed by atoms with Crippen LogP contribution in [0, 0.1) is 5.41 Å². The summed E-state index contributed by atoms with van der Waals surface area (Å²) in [6.45, 7) is 0. The summed E-state index contributed by atoms with van der Waals surface area (Å²) in [6, 6.07) is 4.90. The molecule has 6 heteroatoms. The van der Waals surface area contributed by atoms with Gasteiger partial charge >= 0.3 is 0 Å². The van der Waals surface area contributed by atoms with E-state index >= 15 is 0 Å². The van der Waals surface area contributed by atoms with Crippen molar-refractivity contribution in [3.05, 3.63) is 28.2 Å². The van der Waals surface area contributed by atoms with Crippen LogP contribution < -0.4 is 11.1 Å². The lowest BCUT2D eigenvalue weighted by Crippen LogP contribution is -2.21. The van der Waals surface area contributed by atoms with Gasteiger partial charge in [0, 0.05) is 0 Å². The number of carbonyl (C=O) groups excluding carboxylic acids is 1. The molecule has 1 amide bonds. The van der Waals surface area contributed by atoms with E-state index in [1.54, 1.807) is 18.2 Å². The van der Waals surface area contributed by atoms with E-state index in [4.69, 9.17) is 34.3 Å². The van der Waals surface area contributed by atoms with Crippen LogP contribution in [0.3, 0.4) is 0 Å². The second kappa shape index (κ2) is 5.00. The lowest BCUT2D eigenvalue weighted by Gasteiger charge is -2.07. The fourth-order valence-electron chi connectivity index (χ4n) is 0.968. The van der Waals surface area contributed by atoms with Crippen molar-refractivity contribution in [2.75, 3.05) is 5.32 Å². The molecule has 0 radical (unpaired) electrons. The Kier molecular flexibility index (Phi) is 3.94. The standard InChI is InChI=1S/C9H9Cl2N3O/c10-5-2-1-3-6(9(5)11)14-8(15)4-7(12)13/h1-3H,4H2,(H3,12,13)(H,14,15). The molecule has 0 saturated heterocycles. The van der Waals surface area contributed by atoms with Gasteiger partial charge < -0.3 is 11.1 Å². The van der Waals surface area contributed by atoms with Crippen molar-refractivity contribution in [1.29, 1.82) is 5.41 Å². The summed E-state index contributed by atoms with van der Waals surface area (Å²) in [5.41, 5.74) is 5.49. The molecule has 15 heavy (non-hydrogen) atoms. The van der Waals surface area contributed by atoms with Crippen molar-refractivity contribution < 1.29 is 4.79 Å². The van der Waals surface area contributed by atoms with Crippen LogP contribution in [-0.2, 0) is 4.79 Å². The molecule has 0 unspecified atom stereocenters. The van der Waals surface area contributed by atoms with Crippen molar-refractivity contribution in [1.82, 2.24) is 0 Å². The summed E-state index contributed by atoms with van der Waals surface area (Å²) in [5, 5.41) is 10.1. The highest BCUT2D eigenvalue weighted by atomic mass is 35.5. The quantitative estimate of drug-likeness (QED) is 0.564. The molecular weight excluding hydrogens is 237 g/mol. The Bertz CT molecular complexity index is 406. The zero-order valence-corrected chi connectivity index (χ0v) is 9.19. The Morgan fingerprint density at radius 2 is 2.13 bits per heavy atom. The Labute approximate surface area is 96.9 Å². The average Bonchev–Trinajstić information content (AvgIpc) is 2.11. The molecule has 0 heterocycles. The van der Waals surface area contributed by atoms with Crippen LogP contribution in [-0.4, -0.2) is 11.7 Å². The first kappa shape index (κ1) is 11.8. The maximum absolute atomic E-state index is 11.3. The third-order valence-corrected chi connectivity index (χ3v) is 2.40. The van der Waals surface area contributed by atoms with Gasteiger partial charge in [0.2, 0.25) is 5.91 Å². The normalized spacial score (nSPS) is 9.73. The van der Waals surface area contributed by atoms with E-state index in [0.29, 0.717) is 10.7 Å². The van der Waals surface area contributed by atoms with E-state index in [1.807, 2.05) is 0 Å². The molecule has 0 atom stereocenters. The topological polar surface area (TPSA) is 79.0 Å². The predicted molar refractivity (Wildman–Crippen MR) is 61.6 cm³/mol.